The molecule has 3 aliphatic rings. The van der Waals surface area contributed by atoms with Crippen LogP contribution < -0.4 is 20.9 Å². The molecule has 3 aromatic rings. The zero-order valence-electron chi connectivity index (χ0n) is 30.1. The molecular formula is C27H40N7O23P3. The molecule has 3 fully saturated rings. The molecule has 0 bridgehead atoms. The van der Waals surface area contributed by atoms with E-state index in [1.165, 1.54) is 29.1 Å². The maximum Gasteiger partial charge on any atom is 0.478 e. The second-order valence-electron chi connectivity index (χ2n) is 13.0. The number of carbonyl (C=O) groups is 1. The maximum absolute atomic E-state index is 12.5. The van der Waals surface area contributed by atoms with Gasteiger partial charge in [-0.15, -0.1) is 0 Å². The molecule has 0 saturated carbocycles. The molecule has 2 unspecified atom stereocenters. The number of hydrogen-bond acceptors (Lipinski definition) is 24. The van der Waals surface area contributed by atoms with Crippen LogP contribution in [0.2, 0.25) is 0 Å². The third-order valence-corrected chi connectivity index (χ3v) is 11.9. The van der Waals surface area contributed by atoms with Gasteiger partial charge in [0.1, 0.15) is 72.3 Å². The first-order chi connectivity index (χ1) is 27.9. The highest BCUT2D eigenvalue weighted by atomic mass is 31.3. The van der Waals surface area contributed by atoms with Crippen molar-refractivity contribution in [3.05, 3.63) is 42.7 Å². The minimum atomic E-state index is -5.72. The number of imidazole rings is 1. The Morgan fingerprint density at radius 2 is 1.52 bits per heavy atom. The lowest BCUT2D eigenvalue weighted by Crippen LogP contribution is -2.58. The molecular weight excluding hydrogens is 883 g/mol. The van der Waals surface area contributed by atoms with Crippen molar-refractivity contribution in [3.63, 3.8) is 0 Å². The number of nitrogen functional groups attached to an aromatic ring is 1. The SMILES string of the molecule is NC(=O)c1ccc[n+]([C@@H]2O[C@H](COP(=O)([O-])OP(=O)(O)OC[C@H]3O[C@@H](n4cnc5c(N)ncnc54)[C@H](OP(=O)(O)O)[C@@H]3O)[C@@H](O)[C@H]2O)c1.OC[C@H]1O[C@H](O)[C@H](O)[C@@H](O)[C@@H]1O. The summed E-state index contributed by atoms with van der Waals surface area (Å²) in [6, 6.07) is 2.77. The van der Waals surface area contributed by atoms with Crippen molar-refractivity contribution in [3.8, 4) is 0 Å². The summed E-state index contributed by atoms with van der Waals surface area (Å²) >= 11 is 0. The van der Waals surface area contributed by atoms with Crippen LogP contribution in [0, 0.1) is 0 Å². The van der Waals surface area contributed by atoms with Crippen molar-refractivity contribution in [2.45, 2.75) is 79.8 Å². The lowest BCUT2D eigenvalue weighted by molar-refractivity contribution is -0.765. The van der Waals surface area contributed by atoms with Gasteiger partial charge in [-0.25, -0.2) is 28.4 Å². The van der Waals surface area contributed by atoms with Gasteiger partial charge in [0.05, 0.1) is 26.1 Å². The van der Waals surface area contributed by atoms with E-state index >= 15 is 0 Å². The fourth-order valence-corrected chi connectivity index (χ4v) is 8.50. The van der Waals surface area contributed by atoms with Gasteiger partial charge in [-0.1, -0.05) is 0 Å². The first kappa shape index (κ1) is 47.9. The quantitative estimate of drug-likeness (QED) is 0.0528. The van der Waals surface area contributed by atoms with Crippen molar-refractivity contribution in [1.82, 2.24) is 19.5 Å². The molecule has 33 heteroatoms. The maximum atomic E-state index is 12.5. The Morgan fingerprint density at radius 1 is 0.867 bits per heavy atom. The van der Waals surface area contributed by atoms with Gasteiger partial charge in [-0.05, 0) is 6.07 Å². The summed E-state index contributed by atoms with van der Waals surface area (Å²) < 4.78 is 72.5. The van der Waals surface area contributed by atoms with Gasteiger partial charge in [-0.3, -0.25) is 23.0 Å². The third-order valence-electron chi connectivity index (χ3n) is 8.84. The van der Waals surface area contributed by atoms with Crippen LogP contribution in [0.25, 0.3) is 11.2 Å². The van der Waals surface area contributed by atoms with E-state index in [2.05, 4.69) is 37.6 Å². The number of amides is 1. The van der Waals surface area contributed by atoms with E-state index in [0.717, 1.165) is 17.2 Å². The van der Waals surface area contributed by atoms with Gasteiger partial charge in [-0.2, -0.15) is 4.57 Å². The van der Waals surface area contributed by atoms with Crippen LogP contribution in [0.15, 0.2) is 37.2 Å². The van der Waals surface area contributed by atoms with E-state index in [9.17, 15) is 53.4 Å². The molecule has 60 heavy (non-hydrogen) atoms. The summed E-state index contributed by atoms with van der Waals surface area (Å²) in [6.07, 6.45) is -15.6. The molecule has 3 aliphatic heterocycles. The highest BCUT2D eigenvalue weighted by Gasteiger charge is 2.51. The molecule has 6 rings (SSSR count). The summed E-state index contributed by atoms with van der Waals surface area (Å²) in [6.45, 7) is -2.65. The molecule has 0 aromatic carbocycles. The van der Waals surface area contributed by atoms with Gasteiger partial charge < -0.3 is 90.6 Å². The van der Waals surface area contributed by atoms with E-state index in [1.54, 1.807) is 0 Å². The van der Waals surface area contributed by atoms with E-state index in [-0.39, 0.29) is 22.5 Å². The number of primary amides is 1. The smallest absolute Gasteiger partial charge is 0.478 e. The molecule has 336 valence electrons. The molecule has 0 spiro atoms. The highest BCUT2D eigenvalue weighted by molar-refractivity contribution is 7.60. The summed E-state index contributed by atoms with van der Waals surface area (Å²) in [5, 5.41) is 76.1. The van der Waals surface area contributed by atoms with E-state index in [4.69, 9.17) is 46.5 Å². The van der Waals surface area contributed by atoms with Gasteiger partial charge in [0, 0.05) is 6.07 Å². The average molecular weight is 924 g/mol. The normalized spacial score (nSPS) is 34.1. The number of phosphoric ester groups is 3. The first-order valence-corrected chi connectivity index (χ1v) is 21.4. The molecule has 0 radical (unpaired) electrons. The predicted octanol–water partition coefficient (Wildman–Crippen LogP) is -6.75. The van der Waals surface area contributed by atoms with Crippen molar-refractivity contribution in [2.75, 3.05) is 25.6 Å². The number of nitrogens with two attached hydrogens (primary N) is 2. The van der Waals surface area contributed by atoms with Crippen LogP contribution in [0.4, 0.5) is 5.82 Å². The molecule has 0 aliphatic carbocycles. The molecule has 30 nitrogen and oxygen atoms in total. The average Bonchev–Trinajstić information content (AvgIpc) is 3.83. The van der Waals surface area contributed by atoms with Crippen LogP contribution in [-0.2, 0) is 45.8 Å². The second-order valence-corrected chi connectivity index (χ2v) is 17.2. The molecule has 15 atom stereocenters. The fourth-order valence-electron chi connectivity index (χ4n) is 5.91. The first-order valence-electron chi connectivity index (χ1n) is 16.9. The Kier molecular flexibility index (Phi) is 15.3. The van der Waals surface area contributed by atoms with Crippen molar-refractivity contribution in [2.24, 2.45) is 5.73 Å². The van der Waals surface area contributed by atoms with Crippen LogP contribution in [0.1, 0.15) is 22.8 Å². The number of anilines is 1. The molecule has 3 saturated heterocycles. The number of aromatic nitrogens is 5. The number of carbonyl (C=O) groups excluding carboxylic acids is 1. The number of phosphoric acid groups is 3. The molecule has 6 heterocycles. The number of aliphatic hydroxyl groups is 8. The Labute approximate surface area is 335 Å². The number of hydrogen-bond donors (Lipinski definition) is 13. The van der Waals surface area contributed by atoms with E-state index in [1.807, 2.05) is 0 Å². The van der Waals surface area contributed by atoms with Gasteiger partial charge in [0.25, 0.3) is 20.0 Å². The Bertz CT molecular complexity index is 2110. The van der Waals surface area contributed by atoms with Gasteiger partial charge in [0.2, 0.25) is 0 Å². The van der Waals surface area contributed by atoms with E-state index in [0.29, 0.717) is 0 Å². The lowest BCUT2D eigenvalue weighted by Gasteiger charge is -2.37. The number of nitrogens with zero attached hydrogens (tertiary/aromatic N) is 5. The monoisotopic (exact) mass is 923 g/mol. The number of fused-ring (bicyclic) bond motifs is 1. The fraction of sp³-hybridized carbons (Fsp3) is 0.593. The number of aliphatic hydroxyl groups excluding tert-OH is 8. The summed E-state index contributed by atoms with van der Waals surface area (Å²) in [5.74, 6) is -0.862. The topological polar surface area (TPSA) is 478 Å². The van der Waals surface area contributed by atoms with Crippen LogP contribution in [0.3, 0.4) is 0 Å². The highest BCUT2D eigenvalue weighted by Crippen LogP contribution is 2.58. The van der Waals surface area contributed by atoms with Crippen molar-refractivity contribution >= 4 is 46.4 Å². The molecule has 15 N–H and O–H groups in total. The Hall–Kier alpha value is -3.10. The van der Waals surface area contributed by atoms with Gasteiger partial charge >= 0.3 is 15.6 Å². The Balaban J connectivity index is 0.000000489. The third kappa shape index (κ3) is 11.3. The minimum Gasteiger partial charge on any atom is -0.756 e. The number of rotatable bonds is 14. The van der Waals surface area contributed by atoms with Crippen LogP contribution >= 0.6 is 23.5 Å². The standard InChI is InChI=1S/C21H28N7O17P3.C6H12O6/c22-17-12-19(25-7-24-17)28(8-26-12)21-16(44-46(33,34)35)14(30)11(43-21)6-41-48(38,39)45-47(36,37)40-5-10-13(29)15(31)20(42-10)27-3-1-2-9(4-27)18(23)32;7-1-2-3(8)4(9)5(10)6(11)12-2/h1-4,7-8,10-11,13-16,20-21,29-31H,5-6H2,(H7-,22,23,24,25,32,33,34,35,36,37,38,39);2-11H,1H2/t10-,11-,13-,14-,15-,16-,20-,21-;2-,3-,4+,5-,6+/m11/s1. The second kappa shape index (κ2) is 19.1. The Morgan fingerprint density at radius 3 is 2.17 bits per heavy atom. The predicted molar refractivity (Wildman–Crippen MR) is 184 cm³/mol. The number of ether oxygens (including phenoxy) is 3. The summed E-state index contributed by atoms with van der Waals surface area (Å²) in [7, 11) is -16.6. The minimum absolute atomic E-state index is 0.00541. The van der Waals surface area contributed by atoms with Gasteiger partial charge in [0.15, 0.2) is 42.5 Å². The number of pyridine rings is 1. The zero-order chi connectivity index (χ0) is 44.5. The summed E-state index contributed by atoms with van der Waals surface area (Å²) in [4.78, 5) is 64.4. The summed E-state index contributed by atoms with van der Waals surface area (Å²) in [5.41, 5.74) is 11.1. The van der Waals surface area contributed by atoms with Crippen LogP contribution in [-0.4, -0.2) is 168 Å². The van der Waals surface area contributed by atoms with Crippen LogP contribution in [0.5, 0.6) is 0 Å². The molecule has 1 amide bonds. The van der Waals surface area contributed by atoms with E-state index < -0.39 is 129 Å². The largest absolute Gasteiger partial charge is 0.756 e. The zero-order valence-corrected chi connectivity index (χ0v) is 32.8. The van der Waals surface area contributed by atoms with Crippen molar-refractivity contribution < 1.29 is 116 Å². The van der Waals surface area contributed by atoms with Crippen molar-refractivity contribution in [1.29, 1.82) is 0 Å². The lowest BCUT2D eigenvalue weighted by atomic mass is 10.00. The molecule has 3 aromatic heterocycles.